The van der Waals surface area contributed by atoms with Gasteiger partial charge in [0.25, 0.3) is 5.56 Å². The fourth-order valence-electron chi connectivity index (χ4n) is 3.31. The van der Waals surface area contributed by atoms with Crippen molar-refractivity contribution in [3.05, 3.63) is 45.2 Å². The number of benzene rings is 1. The second-order valence-corrected chi connectivity index (χ2v) is 7.56. The van der Waals surface area contributed by atoms with Crippen molar-refractivity contribution in [2.75, 3.05) is 29.0 Å². The summed E-state index contributed by atoms with van der Waals surface area (Å²) in [5, 5.41) is 3.10. The van der Waals surface area contributed by atoms with Crippen molar-refractivity contribution >= 4 is 34.7 Å². The monoisotopic (exact) mass is 371 g/mol. The lowest BCUT2D eigenvalue weighted by Crippen LogP contribution is -2.36. The van der Waals surface area contributed by atoms with E-state index in [1.807, 2.05) is 26.0 Å². The van der Waals surface area contributed by atoms with Gasteiger partial charge in [-0.25, -0.2) is 0 Å². The summed E-state index contributed by atoms with van der Waals surface area (Å²) in [4.78, 5) is 22.2. The Morgan fingerprint density at radius 2 is 1.88 bits per heavy atom. The third kappa shape index (κ3) is 4.04. The largest absolute Gasteiger partial charge is 0.383 e. The van der Waals surface area contributed by atoms with Crippen molar-refractivity contribution in [1.29, 1.82) is 0 Å². The molecule has 1 aliphatic heterocycles. The molecule has 2 heterocycles. The summed E-state index contributed by atoms with van der Waals surface area (Å²) in [6.07, 6.45) is 2.16. The van der Waals surface area contributed by atoms with Crippen LogP contribution in [0.1, 0.15) is 36.5 Å². The summed E-state index contributed by atoms with van der Waals surface area (Å²) in [7, 11) is 0. The van der Waals surface area contributed by atoms with Crippen LogP contribution in [0.2, 0.25) is 0 Å². The van der Waals surface area contributed by atoms with Gasteiger partial charge < -0.3 is 16.0 Å². The van der Waals surface area contributed by atoms with E-state index in [2.05, 4.69) is 33.2 Å². The Hall–Kier alpha value is -2.41. The zero-order valence-electron chi connectivity index (χ0n) is 15.4. The van der Waals surface area contributed by atoms with Crippen molar-refractivity contribution in [2.45, 2.75) is 33.6 Å². The maximum Gasteiger partial charge on any atom is 0.264 e. The average Bonchev–Trinajstić information content (AvgIpc) is 2.53. The maximum absolute atomic E-state index is 12.6. The standard InChI is InChI=1S/C19H25N5OS/c1-11-4-6-24(7-5-11)19-22-16(20)15(17(25)23-19)18(26)21-14-9-12(2)8-13(3)10-14/h8-11H,4-7H2,1-3H3,(H,21,26)(H3,20,22,23,25). The minimum absolute atomic E-state index is 0.157. The lowest BCUT2D eigenvalue weighted by atomic mass is 10.00. The van der Waals surface area contributed by atoms with Crippen molar-refractivity contribution in [3.8, 4) is 0 Å². The summed E-state index contributed by atoms with van der Waals surface area (Å²) in [6.45, 7) is 8.00. The number of nitrogens with two attached hydrogens (primary N) is 1. The first kappa shape index (κ1) is 18.4. The van der Waals surface area contributed by atoms with Crippen LogP contribution in [0.3, 0.4) is 0 Å². The molecule has 0 aliphatic carbocycles. The van der Waals surface area contributed by atoms with Crippen molar-refractivity contribution in [1.82, 2.24) is 9.97 Å². The Morgan fingerprint density at radius 1 is 1.27 bits per heavy atom. The van der Waals surface area contributed by atoms with E-state index >= 15 is 0 Å². The number of nitrogen functional groups attached to an aromatic ring is 1. The second kappa shape index (κ2) is 7.45. The number of thiocarbonyl (C=S) groups is 1. The van der Waals surface area contributed by atoms with Gasteiger partial charge in [-0.3, -0.25) is 9.78 Å². The summed E-state index contributed by atoms with van der Waals surface area (Å²) in [5.74, 6) is 1.38. The van der Waals surface area contributed by atoms with Crippen LogP contribution in [0.15, 0.2) is 23.0 Å². The number of anilines is 3. The smallest absolute Gasteiger partial charge is 0.264 e. The first-order valence-electron chi connectivity index (χ1n) is 8.88. The van der Waals surface area contributed by atoms with E-state index in [0.717, 1.165) is 42.7 Å². The minimum atomic E-state index is -0.312. The molecule has 1 saturated heterocycles. The van der Waals surface area contributed by atoms with Gasteiger partial charge in [-0.15, -0.1) is 0 Å². The van der Waals surface area contributed by atoms with Crippen LogP contribution in [-0.4, -0.2) is 28.0 Å². The van der Waals surface area contributed by atoms with Gasteiger partial charge in [0.05, 0.1) is 0 Å². The third-order valence-electron chi connectivity index (χ3n) is 4.72. The second-order valence-electron chi connectivity index (χ2n) is 7.15. The van der Waals surface area contributed by atoms with Crippen LogP contribution in [-0.2, 0) is 0 Å². The number of H-pyrrole nitrogens is 1. The number of nitrogens with zero attached hydrogens (tertiary/aromatic N) is 2. The van der Waals surface area contributed by atoms with Crippen molar-refractivity contribution in [2.24, 2.45) is 5.92 Å². The molecule has 0 atom stereocenters. The van der Waals surface area contributed by atoms with E-state index in [1.54, 1.807) is 0 Å². The predicted octanol–water partition coefficient (Wildman–Crippen LogP) is 2.99. The molecule has 7 heteroatoms. The Bertz CT molecular complexity index is 864. The molecule has 0 unspecified atom stereocenters. The molecular formula is C19H25N5OS. The zero-order valence-corrected chi connectivity index (χ0v) is 16.2. The number of aryl methyl sites for hydroxylation is 2. The lowest BCUT2D eigenvalue weighted by Gasteiger charge is -2.30. The molecule has 6 nitrogen and oxygen atoms in total. The molecule has 0 radical (unpaired) electrons. The molecule has 138 valence electrons. The lowest BCUT2D eigenvalue weighted by molar-refractivity contribution is 0.434. The molecule has 1 fully saturated rings. The van der Waals surface area contributed by atoms with Gasteiger partial charge in [-0.1, -0.05) is 25.2 Å². The van der Waals surface area contributed by atoms with Gasteiger partial charge in [0, 0.05) is 18.8 Å². The molecule has 0 saturated carbocycles. The molecule has 1 aromatic carbocycles. The summed E-state index contributed by atoms with van der Waals surface area (Å²) in [6, 6.07) is 6.02. The quantitative estimate of drug-likeness (QED) is 0.719. The van der Waals surface area contributed by atoms with Crippen molar-refractivity contribution < 1.29 is 0 Å². The van der Waals surface area contributed by atoms with Gasteiger partial charge in [-0.2, -0.15) is 4.98 Å². The third-order valence-corrected chi connectivity index (χ3v) is 5.03. The van der Waals surface area contributed by atoms with Crippen LogP contribution < -0.4 is 21.5 Å². The Balaban J connectivity index is 1.83. The van der Waals surface area contributed by atoms with Gasteiger partial charge in [0.15, 0.2) is 0 Å². The van der Waals surface area contributed by atoms with Gasteiger partial charge in [0.1, 0.15) is 16.4 Å². The van der Waals surface area contributed by atoms with E-state index in [-0.39, 0.29) is 21.9 Å². The van der Waals surface area contributed by atoms with E-state index in [4.69, 9.17) is 18.0 Å². The topological polar surface area (TPSA) is 87.0 Å². The van der Waals surface area contributed by atoms with Gasteiger partial charge >= 0.3 is 0 Å². The molecule has 0 amide bonds. The molecule has 26 heavy (non-hydrogen) atoms. The van der Waals surface area contributed by atoms with E-state index in [9.17, 15) is 4.79 Å². The highest BCUT2D eigenvalue weighted by molar-refractivity contribution is 7.81. The van der Waals surface area contributed by atoms with Crippen LogP contribution in [0, 0.1) is 19.8 Å². The van der Waals surface area contributed by atoms with Crippen LogP contribution in [0.5, 0.6) is 0 Å². The minimum Gasteiger partial charge on any atom is -0.383 e. The van der Waals surface area contributed by atoms with E-state index in [0.29, 0.717) is 11.9 Å². The number of piperidine rings is 1. The Kier molecular flexibility index (Phi) is 5.27. The normalized spacial score (nSPS) is 15.1. The molecule has 4 N–H and O–H groups in total. The fraction of sp³-hybridized carbons (Fsp3) is 0.421. The highest BCUT2D eigenvalue weighted by Crippen LogP contribution is 2.21. The summed E-state index contributed by atoms with van der Waals surface area (Å²) >= 11 is 5.41. The number of aromatic nitrogens is 2. The Labute approximate surface area is 158 Å². The van der Waals surface area contributed by atoms with E-state index in [1.165, 1.54) is 0 Å². The zero-order chi connectivity index (χ0) is 18.8. The molecule has 1 aromatic heterocycles. The highest BCUT2D eigenvalue weighted by Gasteiger charge is 2.21. The maximum atomic E-state index is 12.6. The highest BCUT2D eigenvalue weighted by atomic mass is 32.1. The van der Waals surface area contributed by atoms with Crippen LogP contribution in [0.25, 0.3) is 0 Å². The molecule has 0 spiro atoms. The molecular weight excluding hydrogens is 346 g/mol. The molecule has 2 aromatic rings. The first-order chi connectivity index (χ1) is 12.3. The number of aromatic amines is 1. The number of nitrogens with one attached hydrogen (secondary N) is 2. The average molecular weight is 372 g/mol. The predicted molar refractivity (Wildman–Crippen MR) is 111 cm³/mol. The Morgan fingerprint density at radius 3 is 2.46 bits per heavy atom. The number of rotatable bonds is 3. The van der Waals surface area contributed by atoms with Crippen molar-refractivity contribution in [3.63, 3.8) is 0 Å². The molecule has 0 bridgehead atoms. The SMILES string of the molecule is Cc1cc(C)cc(NC(=S)c2c(N)nc(N3CCC(C)CC3)[nH]c2=O)c1. The number of hydrogen-bond donors (Lipinski definition) is 3. The van der Waals surface area contributed by atoms with Gasteiger partial charge in [0.2, 0.25) is 5.95 Å². The first-order valence-corrected chi connectivity index (χ1v) is 9.28. The van der Waals surface area contributed by atoms with Crippen LogP contribution in [0.4, 0.5) is 17.5 Å². The summed E-state index contributed by atoms with van der Waals surface area (Å²) in [5.41, 5.74) is 9.05. The number of hydrogen-bond acceptors (Lipinski definition) is 5. The fourth-order valence-corrected chi connectivity index (χ4v) is 3.62. The van der Waals surface area contributed by atoms with Crippen LogP contribution >= 0.6 is 12.2 Å². The molecule has 1 aliphatic rings. The summed E-state index contributed by atoms with van der Waals surface area (Å²) < 4.78 is 0. The molecule has 3 rings (SSSR count). The van der Waals surface area contributed by atoms with E-state index < -0.39 is 0 Å². The van der Waals surface area contributed by atoms with Gasteiger partial charge in [-0.05, 0) is 55.9 Å².